The van der Waals surface area contributed by atoms with Crippen LogP contribution in [0.3, 0.4) is 0 Å². The smallest absolute Gasteiger partial charge is 0.166 e. The number of azide groups is 1. The third kappa shape index (κ3) is 4.72. The van der Waals surface area contributed by atoms with Crippen LogP contribution in [0.5, 0.6) is 0 Å². The molecule has 114 valence electrons. The summed E-state index contributed by atoms with van der Waals surface area (Å²) in [6, 6.07) is 14.3. The van der Waals surface area contributed by atoms with Gasteiger partial charge in [-0.25, -0.2) is 0 Å². The van der Waals surface area contributed by atoms with E-state index in [4.69, 9.17) is 5.53 Å². The molecule has 0 N–H and O–H groups in total. The Labute approximate surface area is 129 Å². The molecular formula is C15H12F3N3S. The molecule has 2 aromatic carbocycles. The van der Waals surface area contributed by atoms with E-state index >= 15 is 0 Å². The van der Waals surface area contributed by atoms with Crippen molar-refractivity contribution in [1.82, 2.24) is 0 Å². The van der Waals surface area contributed by atoms with Gasteiger partial charge in [0, 0.05) is 9.81 Å². The summed E-state index contributed by atoms with van der Waals surface area (Å²) < 4.78 is 38.1. The number of alkyl halides is 3. The average Bonchev–Trinajstić information content (AvgIpc) is 2.48. The van der Waals surface area contributed by atoms with Gasteiger partial charge in [-0.3, -0.25) is 0 Å². The van der Waals surface area contributed by atoms with E-state index in [1.807, 2.05) is 30.3 Å². The van der Waals surface area contributed by atoms with E-state index in [2.05, 4.69) is 10.0 Å². The Morgan fingerprint density at radius 2 is 1.82 bits per heavy atom. The molecule has 0 aliphatic rings. The van der Waals surface area contributed by atoms with Gasteiger partial charge in [-0.15, -0.1) is 11.8 Å². The first-order valence-corrected chi connectivity index (χ1v) is 7.29. The highest BCUT2D eigenvalue weighted by atomic mass is 32.2. The fraction of sp³-hybridized carbons (Fsp3) is 0.200. The summed E-state index contributed by atoms with van der Waals surface area (Å²) in [5, 5.41) is 3.17. The minimum absolute atomic E-state index is 0.230. The van der Waals surface area contributed by atoms with Crippen molar-refractivity contribution in [3.8, 4) is 0 Å². The number of benzene rings is 2. The van der Waals surface area contributed by atoms with Crippen molar-refractivity contribution in [1.29, 1.82) is 0 Å². The van der Waals surface area contributed by atoms with Gasteiger partial charge in [0.1, 0.15) is 0 Å². The first kappa shape index (κ1) is 16.3. The average molecular weight is 323 g/mol. The minimum atomic E-state index is -4.38. The highest BCUT2D eigenvalue weighted by molar-refractivity contribution is 8.00. The molecule has 0 bridgehead atoms. The molecule has 22 heavy (non-hydrogen) atoms. The quantitative estimate of drug-likeness (QED) is 0.302. The number of nitrogens with zero attached hydrogens (tertiary/aromatic N) is 3. The molecule has 0 fully saturated rings. The Hall–Kier alpha value is -2.11. The van der Waals surface area contributed by atoms with Crippen LogP contribution in [0.25, 0.3) is 10.4 Å². The van der Waals surface area contributed by atoms with E-state index in [0.29, 0.717) is 5.56 Å². The number of rotatable bonds is 5. The predicted molar refractivity (Wildman–Crippen MR) is 80.4 cm³/mol. The fourth-order valence-corrected chi connectivity index (χ4v) is 2.89. The van der Waals surface area contributed by atoms with Crippen molar-refractivity contribution in [2.75, 3.05) is 0 Å². The van der Waals surface area contributed by atoms with Crippen LogP contribution in [-0.4, -0.2) is 5.37 Å². The molecule has 0 heterocycles. The van der Waals surface area contributed by atoms with Crippen molar-refractivity contribution in [3.63, 3.8) is 0 Å². The Morgan fingerprint density at radius 1 is 1.09 bits per heavy atom. The SMILES string of the molecule is [N-]=[N+]=NC(Cc1cccc(C(F)(F)F)c1)Sc1ccccc1. The summed E-state index contributed by atoms with van der Waals surface area (Å²) in [6.07, 6.45) is -4.15. The third-order valence-corrected chi connectivity index (χ3v) is 3.94. The Kier molecular flexibility index (Phi) is 5.35. The molecule has 7 heteroatoms. The summed E-state index contributed by atoms with van der Waals surface area (Å²) in [6.45, 7) is 0. The first-order valence-electron chi connectivity index (χ1n) is 6.41. The number of hydrogen-bond donors (Lipinski definition) is 0. The van der Waals surface area contributed by atoms with E-state index in [0.717, 1.165) is 17.0 Å². The molecule has 1 unspecified atom stereocenters. The van der Waals surface area contributed by atoms with Crippen molar-refractivity contribution < 1.29 is 13.2 Å². The van der Waals surface area contributed by atoms with Gasteiger partial charge in [0.2, 0.25) is 0 Å². The van der Waals surface area contributed by atoms with Gasteiger partial charge in [-0.05, 0) is 35.7 Å². The summed E-state index contributed by atoms with van der Waals surface area (Å²) in [5.41, 5.74) is 8.42. The first-order chi connectivity index (χ1) is 10.5. The maximum atomic E-state index is 12.7. The second-order valence-electron chi connectivity index (χ2n) is 4.49. The van der Waals surface area contributed by atoms with Crippen LogP contribution in [0.15, 0.2) is 64.6 Å². The summed E-state index contributed by atoms with van der Waals surface area (Å²) >= 11 is 1.32. The molecule has 0 radical (unpaired) electrons. The maximum Gasteiger partial charge on any atom is 0.416 e. The largest absolute Gasteiger partial charge is 0.416 e. The summed E-state index contributed by atoms with van der Waals surface area (Å²) in [5.74, 6) is 0. The van der Waals surface area contributed by atoms with Gasteiger partial charge in [0.25, 0.3) is 0 Å². The molecule has 0 amide bonds. The second-order valence-corrected chi connectivity index (χ2v) is 5.74. The Bertz CT molecular complexity index is 667. The van der Waals surface area contributed by atoms with Gasteiger partial charge in [0.05, 0.1) is 10.9 Å². The van der Waals surface area contributed by atoms with E-state index in [1.165, 1.54) is 17.8 Å². The number of hydrogen-bond acceptors (Lipinski definition) is 2. The standard InChI is InChI=1S/C15H12F3N3S/c16-15(17,18)12-6-4-5-11(9-12)10-14(20-21-19)22-13-7-2-1-3-8-13/h1-9,14H,10H2. The molecule has 2 rings (SSSR count). The van der Waals surface area contributed by atoms with E-state index < -0.39 is 17.1 Å². The summed E-state index contributed by atoms with van der Waals surface area (Å²) in [7, 11) is 0. The van der Waals surface area contributed by atoms with Crippen LogP contribution in [0, 0.1) is 0 Å². The van der Waals surface area contributed by atoms with Crippen molar-refractivity contribution in [2.45, 2.75) is 22.9 Å². The van der Waals surface area contributed by atoms with Crippen molar-refractivity contribution in [2.24, 2.45) is 5.11 Å². The second kappa shape index (κ2) is 7.24. The molecule has 0 aliphatic carbocycles. The van der Waals surface area contributed by atoms with Crippen LogP contribution < -0.4 is 0 Å². The van der Waals surface area contributed by atoms with Crippen LogP contribution in [-0.2, 0) is 12.6 Å². The lowest BCUT2D eigenvalue weighted by Gasteiger charge is -2.13. The van der Waals surface area contributed by atoms with Crippen LogP contribution in [0.1, 0.15) is 11.1 Å². The van der Waals surface area contributed by atoms with Gasteiger partial charge in [0.15, 0.2) is 0 Å². The zero-order chi connectivity index (χ0) is 16.0. The summed E-state index contributed by atoms with van der Waals surface area (Å²) in [4.78, 5) is 3.68. The lowest BCUT2D eigenvalue weighted by atomic mass is 10.1. The van der Waals surface area contributed by atoms with E-state index in [1.54, 1.807) is 6.07 Å². The van der Waals surface area contributed by atoms with E-state index in [9.17, 15) is 13.2 Å². The van der Waals surface area contributed by atoms with Gasteiger partial charge in [-0.2, -0.15) is 13.2 Å². The highest BCUT2D eigenvalue weighted by Gasteiger charge is 2.30. The molecule has 3 nitrogen and oxygen atoms in total. The molecular weight excluding hydrogens is 311 g/mol. The minimum Gasteiger partial charge on any atom is -0.166 e. The zero-order valence-electron chi connectivity index (χ0n) is 11.4. The highest BCUT2D eigenvalue weighted by Crippen LogP contribution is 2.31. The van der Waals surface area contributed by atoms with Crippen LogP contribution in [0.2, 0.25) is 0 Å². The molecule has 0 aliphatic heterocycles. The van der Waals surface area contributed by atoms with Crippen molar-refractivity contribution >= 4 is 11.8 Å². The monoisotopic (exact) mass is 323 g/mol. The van der Waals surface area contributed by atoms with Crippen molar-refractivity contribution in [3.05, 3.63) is 76.2 Å². The molecule has 0 aromatic heterocycles. The van der Waals surface area contributed by atoms with Crippen LogP contribution >= 0.6 is 11.8 Å². The normalized spacial score (nSPS) is 12.5. The van der Waals surface area contributed by atoms with Gasteiger partial charge >= 0.3 is 6.18 Å². The van der Waals surface area contributed by atoms with Crippen LogP contribution in [0.4, 0.5) is 13.2 Å². The molecule has 1 atom stereocenters. The molecule has 0 saturated heterocycles. The lowest BCUT2D eigenvalue weighted by molar-refractivity contribution is -0.137. The fourth-order valence-electron chi connectivity index (χ4n) is 1.90. The molecule has 0 saturated carbocycles. The maximum absolute atomic E-state index is 12.7. The Morgan fingerprint density at radius 3 is 2.45 bits per heavy atom. The Balaban J connectivity index is 2.16. The van der Waals surface area contributed by atoms with Gasteiger partial charge < -0.3 is 0 Å². The predicted octanol–water partition coefficient (Wildman–Crippen LogP) is 5.68. The molecule has 2 aromatic rings. The number of thioether (sulfide) groups is 1. The zero-order valence-corrected chi connectivity index (χ0v) is 12.2. The van der Waals surface area contributed by atoms with E-state index in [-0.39, 0.29) is 6.42 Å². The third-order valence-electron chi connectivity index (χ3n) is 2.86. The topological polar surface area (TPSA) is 48.8 Å². The van der Waals surface area contributed by atoms with Gasteiger partial charge in [-0.1, -0.05) is 41.5 Å². The lowest BCUT2D eigenvalue weighted by Crippen LogP contribution is -2.07. The molecule has 0 spiro atoms. The number of halogens is 3.